The monoisotopic (exact) mass is 218 g/mol. The molecule has 1 heterocycles. The zero-order chi connectivity index (χ0) is 11.7. The van der Waals surface area contributed by atoms with Crippen molar-refractivity contribution < 1.29 is 4.39 Å². The zero-order valence-electron chi connectivity index (χ0n) is 8.74. The van der Waals surface area contributed by atoms with Gasteiger partial charge in [0.05, 0.1) is 5.69 Å². The fourth-order valence-corrected chi connectivity index (χ4v) is 1.39. The number of aromatic nitrogens is 2. The van der Waals surface area contributed by atoms with Crippen LogP contribution in [0.4, 0.5) is 16.2 Å². The van der Waals surface area contributed by atoms with Crippen molar-refractivity contribution in [2.24, 2.45) is 0 Å². The molecule has 0 spiro atoms. The molecule has 82 valence electrons. The second-order valence-corrected chi connectivity index (χ2v) is 3.50. The summed E-state index contributed by atoms with van der Waals surface area (Å²) in [5.74, 6) is 0.0627. The molecule has 4 N–H and O–H groups in total. The van der Waals surface area contributed by atoms with Crippen LogP contribution in [0.3, 0.4) is 0 Å². The number of aryl methyl sites for hydroxylation is 1. The fraction of sp³-hybridized carbons (Fsp3) is 0.0909. The normalized spacial score (nSPS) is 10.4. The summed E-state index contributed by atoms with van der Waals surface area (Å²) in [6, 6.07) is 6.40. The minimum absolute atomic E-state index is 0.0796. The highest BCUT2D eigenvalue weighted by atomic mass is 19.1. The van der Waals surface area contributed by atoms with Gasteiger partial charge >= 0.3 is 0 Å². The molecular formula is C11H11FN4. The second-order valence-electron chi connectivity index (χ2n) is 3.50. The van der Waals surface area contributed by atoms with Crippen LogP contribution in [-0.4, -0.2) is 9.97 Å². The molecule has 0 aliphatic heterocycles. The van der Waals surface area contributed by atoms with Crippen molar-refractivity contribution in [2.75, 3.05) is 11.5 Å². The molecule has 4 nitrogen and oxygen atoms in total. The average molecular weight is 218 g/mol. The smallest absolute Gasteiger partial charge is 0.222 e. The van der Waals surface area contributed by atoms with Crippen LogP contribution in [0.2, 0.25) is 0 Å². The van der Waals surface area contributed by atoms with Crippen LogP contribution in [0.1, 0.15) is 5.56 Å². The van der Waals surface area contributed by atoms with Crippen LogP contribution >= 0.6 is 0 Å². The lowest BCUT2D eigenvalue weighted by Gasteiger charge is -2.04. The number of nitrogen functional groups attached to an aromatic ring is 2. The van der Waals surface area contributed by atoms with E-state index in [4.69, 9.17) is 11.5 Å². The number of nitrogens with zero attached hydrogens (tertiary/aromatic N) is 2. The molecule has 16 heavy (non-hydrogen) atoms. The summed E-state index contributed by atoms with van der Waals surface area (Å²) in [6.45, 7) is 1.70. The van der Waals surface area contributed by atoms with Crippen molar-refractivity contribution in [3.8, 4) is 11.3 Å². The van der Waals surface area contributed by atoms with Gasteiger partial charge in [-0.3, -0.25) is 0 Å². The van der Waals surface area contributed by atoms with Gasteiger partial charge in [-0.2, -0.15) is 4.98 Å². The van der Waals surface area contributed by atoms with E-state index in [1.807, 2.05) is 0 Å². The zero-order valence-corrected chi connectivity index (χ0v) is 8.74. The quantitative estimate of drug-likeness (QED) is 0.764. The maximum Gasteiger partial charge on any atom is 0.222 e. The lowest BCUT2D eigenvalue weighted by Crippen LogP contribution is -2.00. The van der Waals surface area contributed by atoms with E-state index in [1.165, 1.54) is 6.07 Å². The Morgan fingerprint density at radius 3 is 2.50 bits per heavy atom. The second kappa shape index (κ2) is 3.77. The summed E-state index contributed by atoms with van der Waals surface area (Å²) in [4.78, 5) is 7.75. The molecule has 0 fully saturated rings. The molecule has 0 saturated heterocycles. The highest BCUT2D eigenvalue weighted by Gasteiger charge is 2.05. The first-order chi connectivity index (χ1) is 7.56. The third kappa shape index (κ3) is 1.93. The Morgan fingerprint density at radius 2 is 1.88 bits per heavy atom. The molecule has 0 aliphatic rings. The van der Waals surface area contributed by atoms with E-state index in [2.05, 4.69) is 9.97 Å². The van der Waals surface area contributed by atoms with Crippen LogP contribution < -0.4 is 11.5 Å². The fourth-order valence-electron chi connectivity index (χ4n) is 1.39. The molecule has 2 aromatic rings. The van der Waals surface area contributed by atoms with Gasteiger partial charge in [-0.1, -0.05) is 12.1 Å². The van der Waals surface area contributed by atoms with E-state index >= 15 is 0 Å². The van der Waals surface area contributed by atoms with E-state index < -0.39 is 0 Å². The Labute approximate surface area is 92.1 Å². The number of halogens is 1. The minimum Gasteiger partial charge on any atom is -0.384 e. The maximum absolute atomic E-state index is 13.4. The number of anilines is 2. The molecule has 5 heteroatoms. The molecule has 1 aromatic heterocycles. The van der Waals surface area contributed by atoms with Crippen LogP contribution in [0.25, 0.3) is 11.3 Å². The predicted molar refractivity (Wildman–Crippen MR) is 61.0 cm³/mol. The van der Waals surface area contributed by atoms with Crippen molar-refractivity contribution in [1.82, 2.24) is 9.97 Å². The number of benzene rings is 1. The summed E-state index contributed by atoms with van der Waals surface area (Å²) >= 11 is 0. The van der Waals surface area contributed by atoms with E-state index in [-0.39, 0.29) is 17.6 Å². The first-order valence-electron chi connectivity index (χ1n) is 4.73. The summed E-state index contributed by atoms with van der Waals surface area (Å²) in [5, 5.41) is 0. The van der Waals surface area contributed by atoms with Gasteiger partial charge in [-0.15, -0.1) is 0 Å². The summed E-state index contributed by atoms with van der Waals surface area (Å²) in [6.07, 6.45) is 0. The average Bonchev–Trinajstić information content (AvgIpc) is 2.20. The molecule has 0 unspecified atom stereocenters. The molecule has 0 bridgehead atoms. The maximum atomic E-state index is 13.4. The van der Waals surface area contributed by atoms with Crippen LogP contribution in [0.5, 0.6) is 0 Å². The van der Waals surface area contributed by atoms with Crippen LogP contribution in [0.15, 0.2) is 24.3 Å². The number of hydrogen-bond donors (Lipinski definition) is 2. The van der Waals surface area contributed by atoms with Gasteiger partial charge in [-0.05, 0) is 18.6 Å². The summed E-state index contributed by atoms with van der Waals surface area (Å²) in [7, 11) is 0. The van der Waals surface area contributed by atoms with Crippen LogP contribution in [0, 0.1) is 12.7 Å². The van der Waals surface area contributed by atoms with Gasteiger partial charge in [0, 0.05) is 11.6 Å². The Bertz CT molecular complexity index is 519. The van der Waals surface area contributed by atoms with Gasteiger partial charge in [0.1, 0.15) is 11.6 Å². The lowest BCUT2D eigenvalue weighted by atomic mass is 10.1. The molecule has 0 atom stereocenters. The van der Waals surface area contributed by atoms with Gasteiger partial charge in [0.15, 0.2) is 0 Å². The molecular weight excluding hydrogens is 207 g/mol. The predicted octanol–water partition coefficient (Wildman–Crippen LogP) is 1.76. The highest BCUT2D eigenvalue weighted by Crippen LogP contribution is 2.21. The van der Waals surface area contributed by atoms with Crippen molar-refractivity contribution >= 4 is 11.8 Å². The van der Waals surface area contributed by atoms with E-state index in [0.717, 1.165) is 0 Å². The van der Waals surface area contributed by atoms with Gasteiger partial charge in [0.25, 0.3) is 0 Å². The Kier molecular flexibility index (Phi) is 2.44. The molecule has 0 amide bonds. The summed E-state index contributed by atoms with van der Waals surface area (Å²) < 4.78 is 13.4. The van der Waals surface area contributed by atoms with Crippen LogP contribution in [-0.2, 0) is 0 Å². The van der Waals surface area contributed by atoms with Crippen molar-refractivity contribution in [3.63, 3.8) is 0 Å². The first-order valence-corrected chi connectivity index (χ1v) is 4.73. The largest absolute Gasteiger partial charge is 0.384 e. The van der Waals surface area contributed by atoms with E-state index in [1.54, 1.807) is 25.1 Å². The first kappa shape index (κ1) is 10.4. The molecule has 1 aromatic carbocycles. The van der Waals surface area contributed by atoms with Crippen molar-refractivity contribution in [2.45, 2.75) is 6.92 Å². The summed E-state index contributed by atoms with van der Waals surface area (Å²) in [5.41, 5.74) is 12.7. The third-order valence-corrected chi connectivity index (χ3v) is 2.23. The lowest BCUT2D eigenvalue weighted by molar-refractivity contribution is 0.619. The van der Waals surface area contributed by atoms with Crippen molar-refractivity contribution in [3.05, 3.63) is 35.6 Å². The molecule has 2 rings (SSSR count). The Hall–Kier alpha value is -2.17. The molecule has 0 aliphatic carbocycles. The number of hydrogen-bond acceptors (Lipinski definition) is 4. The van der Waals surface area contributed by atoms with E-state index in [0.29, 0.717) is 16.8 Å². The Balaban J connectivity index is 2.54. The topological polar surface area (TPSA) is 77.8 Å². The minimum atomic E-state index is -0.284. The Morgan fingerprint density at radius 1 is 1.12 bits per heavy atom. The number of rotatable bonds is 1. The van der Waals surface area contributed by atoms with Crippen molar-refractivity contribution in [1.29, 1.82) is 0 Å². The molecule has 0 radical (unpaired) electrons. The SMILES string of the molecule is Cc1ccc(-c2cc(N)nc(N)n2)cc1F. The number of nitrogens with two attached hydrogens (primary N) is 2. The van der Waals surface area contributed by atoms with Gasteiger partial charge < -0.3 is 11.5 Å². The highest BCUT2D eigenvalue weighted by molar-refractivity contribution is 5.63. The van der Waals surface area contributed by atoms with Gasteiger partial charge in [-0.25, -0.2) is 9.37 Å². The van der Waals surface area contributed by atoms with E-state index in [9.17, 15) is 4.39 Å². The standard InChI is InChI=1S/C11H11FN4/c1-6-2-3-7(4-8(6)12)9-5-10(13)16-11(14)15-9/h2-5H,1H3,(H4,13,14,15,16). The molecule has 0 saturated carbocycles. The third-order valence-electron chi connectivity index (χ3n) is 2.23. The van der Waals surface area contributed by atoms with Gasteiger partial charge in [0.2, 0.25) is 5.95 Å².